The maximum atomic E-state index is 13.3. The predicted octanol–water partition coefficient (Wildman–Crippen LogP) is 3.65. The Hall–Kier alpha value is -2.86. The van der Waals surface area contributed by atoms with Crippen LogP contribution in [-0.2, 0) is 0 Å². The number of para-hydroxylation sites is 1. The van der Waals surface area contributed by atoms with Crippen LogP contribution in [0.4, 0.5) is 8.78 Å². The van der Waals surface area contributed by atoms with E-state index in [0.717, 1.165) is 29.9 Å². The summed E-state index contributed by atoms with van der Waals surface area (Å²) in [6.45, 7) is 1.67. The molecule has 1 aliphatic rings. The van der Waals surface area contributed by atoms with Crippen molar-refractivity contribution in [2.75, 3.05) is 26.2 Å². The first-order valence-corrected chi connectivity index (χ1v) is 10.8. The molecule has 31 heavy (non-hydrogen) atoms. The summed E-state index contributed by atoms with van der Waals surface area (Å²) >= 11 is 1.15. The Kier molecular flexibility index (Phi) is 6.87. The molecule has 1 unspecified atom stereocenters. The highest BCUT2D eigenvalue weighted by Crippen LogP contribution is 2.35. The third-order valence-electron chi connectivity index (χ3n) is 5.36. The number of tetrazole rings is 1. The Bertz CT molecular complexity index is 977. The molecule has 2 aromatic heterocycles. The van der Waals surface area contributed by atoms with Gasteiger partial charge in [-0.15, -0.1) is 11.3 Å². The van der Waals surface area contributed by atoms with Gasteiger partial charge in [-0.2, -0.15) is 9.59 Å². The van der Waals surface area contributed by atoms with Gasteiger partial charge in [-0.1, -0.05) is 28.5 Å². The number of benzene rings is 1. The molecule has 0 amide bonds. The lowest BCUT2D eigenvalue weighted by molar-refractivity contribution is 0.102. The van der Waals surface area contributed by atoms with E-state index in [0.29, 0.717) is 30.6 Å². The fraction of sp³-hybridized carbons (Fsp3) is 0.474. The molecule has 0 radical (unpaired) electrons. The van der Waals surface area contributed by atoms with Crippen molar-refractivity contribution in [3.63, 3.8) is 0 Å². The Labute approximate surface area is 181 Å². The monoisotopic (exact) mass is 449 g/mol. The summed E-state index contributed by atoms with van der Waals surface area (Å²) < 4.78 is 33.9. The number of aromatic nitrogens is 5. The number of likely N-dealkylation sites (tertiary alicyclic amines) is 1. The number of hydrogen-bond donors (Lipinski definition) is 0. The van der Waals surface area contributed by atoms with Gasteiger partial charge in [0.25, 0.3) is 6.43 Å². The second kappa shape index (κ2) is 9.96. The molecule has 0 N–H and O–H groups in total. The van der Waals surface area contributed by atoms with Gasteiger partial charge in [0.1, 0.15) is 12.2 Å². The Balaban J connectivity index is 1.35. The Morgan fingerprint density at radius 3 is 2.71 bits per heavy atom. The molecule has 0 aliphatic carbocycles. The lowest BCUT2D eigenvalue weighted by Crippen LogP contribution is -2.39. The first-order valence-electron chi connectivity index (χ1n) is 9.88. The molecule has 1 fully saturated rings. The number of hydrogen-bond acceptors (Lipinski definition) is 9. The topological polar surface area (TPSA) is 98.4 Å². The van der Waals surface area contributed by atoms with Crippen LogP contribution in [0.5, 0.6) is 6.01 Å². The molecule has 0 spiro atoms. The van der Waals surface area contributed by atoms with E-state index < -0.39 is 12.5 Å². The molecule has 0 saturated carbocycles. The Morgan fingerprint density at radius 1 is 1.23 bits per heavy atom. The van der Waals surface area contributed by atoms with Crippen molar-refractivity contribution in [1.29, 1.82) is 0 Å². The number of piperidine rings is 1. The highest BCUT2D eigenvalue weighted by molar-refractivity contribution is 7.09. The van der Waals surface area contributed by atoms with E-state index in [1.165, 1.54) is 10.2 Å². The molecular weight excluding hydrogens is 428 g/mol. The highest BCUT2D eigenvalue weighted by atomic mass is 32.1. The van der Waals surface area contributed by atoms with Gasteiger partial charge in [-0.3, -0.25) is 4.90 Å². The van der Waals surface area contributed by atoms with Gasteiger partial charge >= 0.3 is 6.01 Å². The number of ether oxygens (including phenoxy) is 1. The molecule has 1 atom stereocenters. The van der Waals surface area contributed by atoms with E-state index in [1.54, 1.807) is 0 Å². The van der Waals surface area contributed by atoms with Crippen molar-refractivity contribution in [3.05, 3.63) is 51.3 Å². The summed E-state index contributed by atoms with van der Waals surface area (Å²) in [6, 6.07) is 9.31. The van der Waals surface area contributed by atoms with Crippen molar-refractivity contribution in [3.8, 4) is 11.7 Å². The third kappa shape index (κ3) is 4.90. The molecule has 164 valence electrons. The van der Waals surface area contributed by atoms with Crippen LogP contribution in [-0.4, -0.2) is 56.3 Å². The summed E-state index contributed by atoms with van der Waals surface area (Å²) in [5.41, 5.74) is 1.95. The van der Waals surface area contributed by atoms with E-state index in [2.05, 4.69) is 25.7 Å². The fourth-order valence-corrected chi connectivity index (χ4v) is 4.66. The second-order valence-electron chi connectivity index (χ2n) is 7.23. The quantitative estimate of drug-likeness (QED) is 0.460. The first kappa shape index (κ1) is 21.4. The van der Waals surface area contributed by atoms with Crippen LogP contribution < -0.4 is 4.74 Å². The van der Waals surface area contributed by atoms with Crippen LogP contribution in [0.1, 0.15) is 35.9 Å². The summed E-state index contributed by atoms with van der Waals surface area (Å²) in [4.78, 5) is 17.2. The number of alkyl halides is 2. The normalized spacial score (nSPS) is 16.5. The molecule has 12 heteroatoms. The average molecular weight is 449 g/mol. The zero-order valence-corrected chi connectivity index (χ0v) is 17.4. The largest absolute Gasteiger partial charge is 0.462 e. The molecule has 3 heterocycles. The number of thiazole rings is 1. The predicted molar refractivity (Wildman–Crippen MR) is 109 cm³/mol. The van der Waals surface area contributed by atoms with Crippen molar-refractivity contribution >= 4 is 11.3 Å². The van der Waals surface area contributed by atoms with Crippen molar-refractivity contribution < 1.29 is 13.5 Å². The van der Waals surface area contributed by atoms with Crippen LogP contribution in [0.3, 0.4) is 0 Å². The molecule has 1 saturated heterocycles. The van der Waals surface area contributed by atoms with E-state index >= 15 is 0 Å². The van der Waals surface area contributed by atoms with Crippen molar-refractivity contribution in [2.24, 2.45) is 11.1 Å². The molecule has 9 nitrogen and oxygen atoms in total. The minimum atomic E-state index is -2.67. The first-order chi connectivity index (χ1) is 15.2. The van der Waals surface area contributed by atoms with Crippen LogP contribution in [0.2, 0.25) is 0 Å². The smallest absolute Gasteiger partial charge is 0.340 e. The number of rotatable bonds is 9. The zero-order chi connectivity index (χ0) is 21.6. The lowest BCUT2D eigenvalue weighted by atomic mass is 9.96. The van der Waals surface area contributed by atoms with Gasteiger partial charge < -0.3 is 4.74 Å². The summed E-state index contributed by atoms with van der Waals surface area (Å²) in [7, 11) is 0. The third-order valence-corrected chi connectivity index (χ3v) is 6.31. The number of nitrogens with zero attached hydrogens (tertiary/aromatic N) is 7. The van der Waals surface area contributed by atoms with Crippen LogP contribution in [0.15, 0.2) is 41.0 Å². The second-order valence-corrected chi connectivity index (χ2v) is 8.12. The number of nitroso groups, excluding NO2 is 1. The van der Waals surface area contributed by atoms with E-state index in [1.807, 2.05) is 35.2 Å². The summed E-state index contributed by atoms with van der Waals surface area (Å²) in [6.07, 6.45) is -1.08. The van der Waals surface area contributed by atoms with Gasteiger partial charge in [0.2, 0.25) is 0 Å². The maximum absolute atomic E-state index is 13.3. The van der Waals surface area contributed by atoms with Crippen molar-refractivity contribution in [1.82, 2.24) is 30.1 Å². The van der Waals surface area contributed by atoms with Crippen molar-refractivity contribution in [2.45, 2.75) is 25.3 Å². The minimum Gasteiger partial charge on any atom is -0.462 e. The van der Waals surface area contributed by atoms with E-state index in [-0.39, 0.29) is 18.2 Å². The van der Waals surface area contributed by atoms with Crippen LogP contribution in [0.25, 0.3) is 5.69 Å². The molecule has 4 rings (SSSR count). The SMILES string of the molecule is O=NCC(c1scnc1C(F)F)N1CCC(COc2nnnn2-c2ccccc2)CC1. The molecular formula is C19H21F2N7O2S. The van der Waals surface area contributed by atoms with Gasteiger partial charge in [0.05, 0.1) is 28.7 Å². The number of halogens is 2. The Morgan fingerprint density at radius 2 is 2.00 bits per heavy atom. The summed E-state index contributed by atoms with van der Waals surface area (Å²) in [5, 5.41) is 14.6. The fourth-order valence-electron chi connectivity index (χ4n) is 3.74. The average Bonchev–Trinajstić information content (AvgIpc) is 3.47. The molecule has 1 aromatic carbocycles. The highest BCUT2D eigenvalue weighted by Gasteiger charge is 2.31. The van der Waals surface area contributed by atoms with Gasteiger partial charge in [-0.25, -0.2) is 13.8 Å². The summed E-state index contributed by atoms with van der Waals surface area (Å²) in [5.74, 6) is 0.262. The van der Waals surface area contributed by atoms with Gasteiger partial charge in [0, 0.05) is 0 Å². The van der Waals surface area contributed by atoms with Gasteiger partial charge in [-0.05, 0) is 54.4 Å². The minimum absolute atomic E-state index is 0.0745. The standard InChI is InChI=1S/C19H21F2N7O2S/c20-18(21)16-17(31-12-22-16)15(10-23-29)27-8-6-13(7-9-27)11-30-19-24-25-26-28(19)14-4-2-1-3-5-14/h1-5,12-13,15,18H,6-11H2. The zero-order valence-electron chi connectivity index (χ0n) is 16.5. The maximum Gasteiger partial charge on any atom is 0.340 e. The van der Waals surface area contributed by atoms with Gasteiger partial charge in [0.15, 0.2) is 0 Å². The molecule has 1 aliphatic heterocycles. The molecule has 3 aromatic rings. The molecule has 0 bridgehead atoms. The van der Waals surface area contributed by atoms with E-state index in [9.17, 15) is 13.7 Å². The van der Waals surface area contributed by atoms with E-state index in [4.69, 9.17) is 4.74 Å². The van der Waals surface area contributed by atoms with Crippen LogP contribution >= 0.6 is 11.3 Å². The van der Waals surface area contributed by atoms with Crippen LogP contribution in [0, 0.1) is 10.8 Å². The lowest BCUT2D eigenvalue weighted by Gasteiger charge is -2.36.